The maximum atomic E-state index is 11.8. The maximum absolute atomic E-state index is 11.8. The third-order valence-corrected chi connectivity index (χ3v) is 2.75. The van der Waals surface area contributed by atoms with Crippen LogP contribution in [0.4, 0.5) is 0 Å². The van der Waals surface area contributed by atoms with Gasteiger partial charge in [0.2, 0.25) is 5.91 Å². The molecule has 1 aromatic carbocycles. The number of hydrogen-bond donors (Lipinski definition) is 4. The van der Waals surface area contributed by atoms with Gasteiger partial charge in [0.1, 0.15) is 0 Å². The number of carbonyl (C=O) groups is 3. The molecule has 1 rings (SSSR count). The average molecular weight is 294 g/mol. The molecule has 7 heteroatoms. The fraction of sp³-hybridized carbons (Fsp3) is 0.357. The fourth-order valence-corrected chi connectivity index (χ4v) is 1.66. The van der Waals surface area contributed by atoms with Crippen molar-refractivity contribution >= 4 is 17.8 Å². The molecule has 0 aromatic heterocycles. The zero-order chi connectivity index (χ0) is 16.0. The number of aliphatic carboxylic acids is 1. The Kier molecular flexibility index (Phi) is 5.86. The highest BCUT2D eigenvalue weighted by Crippen LogP contribution is 2.03. The van der Waals surface area contributed by atoms with Gasteiger partial charge in [-0.3, -0.25) is 9.59 Å². The Balaban J connectivity index is 2.53. The second-order valence-corrected chi connectivity index (χ2v) is 4.68. The van der Waals surface area contributed by atoms with E-state index in [2.05, 4.69) is 10.6 Å². The number of aryl methyl sites for hydroxylation is 1. The maximum Gasteiger partial charge on any atom is 0.328 e. The van der Waals surface area contributed by atoms with Gasteiger partial charge in [-0.15, -0.1) is 0 Å². The molecule has 21 heavy (non-hydrogen) atoms. The van der Waals surface area contributed by atoms with E-state index in [0.717, 1.165) is 5.56 Å². The lowest BCUT2D eigenvalue weighted by Crippen LogP contribution is -2.50. The Labute approximate surface area is 122 Å². The van der Waals surface area contributed by atoms with Crippen LogP contribution in [-0.4, -0.2) is 46.7 Å². The standard InChI is InChI=1S/C14H18N2O5/c1-8-4-3-5-10(6-8)13(19)15-7-11(18)16-12(9(2)17)14(20)21/h3-6,9,12,17H,7H2,1-2H3,(H,15,19)(H,16,18)(H,20,21)/t9-,12+/m1/s1. The van der Waals surface area contributed by atoms with Crippen LogP contribution in [0.1, 0.15) is 22.8 Å². The molecule has 0 aliphatic rings. The van der Waals surface area contributed by atoms with Crippen molar-refractivity contribution in [3.8, 4) is 0 Å². The molecule has 4 N–H and O–H groups in total. The van der Waals surface area contributed by atoms with Crippen LogP contribution in [0.25, 0.3) is 0 Å². The summed E-state index contributed by atoms with van der Waals surface area (Å²) in [6.07, 6.45) is -1.24. The van der Waals surface area contributed by atoms with Gasteiger partial charge in [0, 0.05) is 5.56 Å². The van der Waals surface area contributed by atoms with E-state index in [1.54, 1.807) is 18.2 Å². The first-order valence-electron chi connectivity index (χ1n) is 6.36. The Morgan fingerprint density at radius 2 is 1.95 bits per heavy atom. The molecule has 1 aromatic rings. The first kappa shape index (κ1) is 16.6. The highest BCUT2D eigenvalue weighted by atomic mass is 16.4. The SMILES string of the molecule is Cc1cccc(C(=O)NCC(=O)N[C@H](C(=O)O)[C@@H](C)O)c1. The van der Waals surface area contributed by atoms with E-state index in [1.165, 1.54) is 6.92 Å². The molecule has 7 nitrogen and oxygen atoms in total. The van der Waals surface area contributed by atoms with Crippen LogP contribution in [0.15, 0.2) is 24.3 Å². The largest absolute Gasteiger partial charge is 0.480 e. The number of carbonyl (C=O) groups excluding carboxylic acids is 2. The average Bonchev–Trinajstić information content (AvgIpc) is 2.41. The minimum Gasteiger partial charge on any atom is -0.480 e. The summed E-state index contributed by atoms with van der Waals surface area (Å²) >= 11 is 0. The summed E-state index contributed by atoms with van der Waals surface area (Å²) in [7, 11) is 0. The summed E-state index contributed by atoms with van der Waals surface area (Å²) < 4.78 is 0. The number of aliphatic hydroxyl groups excluding tert-OH is 1. The van der Waals surface area contributed by atoms with E-state index in [1.807, 2.05) is 13.0 Å². The zero-order valence-electron chi connectivity index (χ0n) is 11.8. The number of rotatable bonds is 6. The minimum atomic E-state index is -1.41. The lowest BCUT2D eigenvalue weighted by Gasteiger charge is -2.17. The van der Waals surface area contributed by atoms with Gasteiger partial charge in [0.05, 0.1) is 12.6 Å². The monoisotopic (exact) mass is 294 g/mol. The molecule has 0 bridgehead atoms. The molecule has 2 atom stereocenters. The Morgan fingerprint density at radius 1 is 1.29 bits per heavy atom. The summed E-state index contributed by atoms with van der Waals surface area (Å²) in [4.78, 5) is 34.2. The van der Waals surface area contributed by atoms with Crippen LogP contribution < -0.4 is 10.6 Å². The molecule has 0 spiro atoms. The van der Waals surface area contributed by atoms with Crippen molar-refractivity contribution in [2.75, 3.05) is 6.54 Å². The molecule has 2 amide bonds. The van der Waals surface area contributed by atoms with Gasteiger partial charge in [-0.1, -0.05) is 17.7 Å². The zero-order valence-corrected chi connectivity index (χ0v) is 11.8. The van der Waals surface area contributed by atoms with Crippen molar-refractivity contribution in [3.05, 3.63) is 35.4 Å². The van der Waals surface area contributed by atoms with Crippen LogP contribution in [0.5, 0.6) is 0 Å². The molecule has 114 valence electrons. The molecular weight excluding hydrogens is 276 g/mol. The van der Waals surface area contributed by atoms with Crippen LogP contribution in [-0.2, 0) is 9.59 Å². The van der Waals surface area contributed by atoms with Crippen LogP contribution in [0, 0.1) is 6.92 Å². The fourth-order valence-electron chi connectivity index (χ4n) is 1.66. The van der Waals surface area contributed by atoms with Crippen molar-refractivity contribution in [1.29, 1.82) is 0 Å². The molecule has 0 aliphatic heterocycles. The number of hydrogen-bond acceptors (Lipinski definition) is 4. The van der Waals surface area contributed by atoms with E-state index in [4.69, 9.17) is 5.11 Å². The van der Waals surface area contributed by atoms with Gasteiger partial charge in [0.15, 0.2) is 6.04 Å². The van der Waals surface area contributed by atoms with E-state index in [9.17, 15) is 19.5 Å². The van der Waals surface area contributed by atoms with Crippen molar-refractivity contribution in [3.63, 3.8) is 0 Å². The molecule has 0 fully saturated rings. The number of amides is 2. The number of carboxylic acid groups (broad SMARTS) is 1. The van der Waals surface area contributed by atoms with Gasteiger partial charge < -0.3 is 20.8 Å². The Bertz CT molecular complexity index is 542. The van der Waals surface area contributed by atoms with Crippen LogP contribution in [0.3, 0.4) is 0 Å². The van der Waals surface area contributed by atoms with Gasteiger partial charge in [-0.2, -0.15) is 0 Å². The van der Waals surface area contributed by atoms with Gasteiger partial charge >= 0.3 is 5.97 Å². The van der Waals surface area contributed by atoms with E-state index in [0.29, 0.717) is 5.56 Å². The third-order valence-electron chi connectivity index (χ3n) is 2.75. The number of benzene rings is 1. The molecule has 0 saturated carbocycles. The number of nitrogens with one attached hydrogen (secondary N) is 2. The van der Waals surface area contributed by atoms with Gasteiger partial charge in [0.25, 0.3) is 5.91 Å². The van der Waals surface area contributed by atoms with Gasteiger partial charge in [-0.25, -0.2) is 4.79 Å². The molecule has 0 aliphatic carbocycles. The first-order chi connectivity index (χ1) is 9.81. The summed E-state index contributed by atoms with van der Waals surface area (Å²) in [5, 5.41) is 22.6. The van der Waals surface area contributed by atoms with Crippen LogP contribution >= 0.6 is 0 Å². The summed E-state index contributed by atoms with van der Waals surface area (Å²) in [6.45, 7) is 2.72. The Hall–Kier alpha value is -2.41. The normalized spacial score (nSPS) is 13.1. The predicted molar refractivity (Wildman–Crippen MR) is 74.8 cm³/mol. The van der Waals surface area contributed by atoms with Crippen molar-refractivity contribution < 1.29 is 24.6 Å². The van der Waals surface area contributed by atoms with Crippen LogP contribution in [0.2, 0.25) is 0 Å². The second-order valence-electron chi connectivity index (χ2n) is 4.68. The topological polar surface area (TPSA) is 116 Å². The summed E-state index contributed by atoms with van der Waals surface area (Å²) in [5.74, 6) is -2.47. The Morgan fingerprint density at radius 3 is 2.48 bits per heavy atom. The number of aliphatic hydroxyl groups is 1. The van der Waals surface area contributed by atoms with Crippen molar-refractivity contribution in [2.24, 2.45) is 0 Å². The van der Waals surface area contributed by atoms with Gasteiger partial charge in [-0.05, 0) is 26.0 Å². The summed E-state index contributed by atoms with van der Waals surface area (Å²) in [6, 6.07) is 5.43. The van der Waals surface area contributed by atoms with Crippen molar-refractivity contribution in [2.45, 2.75) is 26.0 Å². The highest BCUT2D eigenvalue weighted by Gasteiger charge is 2.24. The predicted octanol–water partition coefficient (Wildman–Crippen LogP) is -0.325. The molecule has 0 unspecified atom stereocenters. The first-order valence-corrected chi connectivity index (χ1v) is 6.36. The molecule has 0 saturated heterocycles. The molecule has 0 radical (unpaired) electrons. The molecular formula is C14H18N2O5. The highest BCUT2D eigenvalue weighted by molar-refractivity contribution is 5.97. The lowest BCUT2D eigenvalue weighted by molar-refractivity contribution is -0.144. The second kappa shape index (κ2) is 7.39. The summed E-state index contributed by atoms with van der Waals surface area (Å²) in [5.41, 5.74) is 1.32. The van der Waals surface area contributed by atoms with E-state index in [-0.39, 0.29) is 6.54 Å². The quantitative estimate of drug-likeness (QED) is 0.573. The van der Waals surface area contributed by atoms with E-state index >= 15 is 0 Å². The van der Waals surface area contributed by atoms with E-state index < -0.39 is 29.9 Å². The molecule has 0 heterocycles. The number of carboxylic acids is 1. The lowest BCUT2D eigenvalue weighted by atomic mass is 10.1. The van der Waals surface area contributed by atoms with Crippen molar-refractivity contribution in [1.82, 2.24) is 10.6 Å². The smallest absolute Gasteiger partial charge is 0.328 e. The third kappa shape index (κ3) is 5.23. The minimum absolute atomic E-state index is 0.372.